The third kappa shape index (κ3) is 4.63. The van der Waals surface area contributed by atoms with Crippen LogP contribution in [0.5, 0.6) is 0 Å². The summed E-state index contributed by atoms with van der Waals surface area (Å²) in [6.45, 7) is 11.8. The van der Waals surface area contributed by atoms with Gasteiger partial charge in [0, 0.05) is 0 Å². The van der Waals surface area contributed by atoms with Gasteiger partial charge in [-0.25, -0.2) is 4.79 Å². The fraction of sp³-hybridized carbons (Fsp3) is 0.769. The quantitative estimate of drug-likeness (QED) is 0.637. The van der Waals surface area contributed by atoms with Gasteiger partial charge in [0.05, 0.1) is 13.2 Å². The van der Waals surface area contributed by atoms with Crippen molar-refractivity contribution in [3.8, 4) is 0 Å². The Hall–Kier alpha value is -0.853. The average molecular weight is 287 g/mol. The summed E-state index contributed by atoms with van der Waals surface area (Å²) in [5, 5.41) is 0.136. The van der Waals surface area contributed by atoms with Gasteiger partial charge in [-0.3, -0.25) is 0 Å². The Morgan fingerprint density at radius 1 is 1.47 bits per heavy atom. The SMILES string of the molecule is CC(C)(C)[Si](C)(C)OC[C@H]1OCC=C[C@H]1OC(N)=O. The molecule has 0 radical (unpaired) electrons. The maximum atomic E-state index is 10.9. The minimum absolute atomic E-state index is 0.136. The van der Waals surface area contributed by atoms with Crippen molar-refractivity contribution in [1.29, 1.82) is 0 Å². The minimum Gasteiger partial charge on any atom is -0.439 e. The van der Waals surface area contributed by atoms with Crippen LogP contribution in [0.2, 0.25) is 18.1 Å². The molecule has 0 fully saturated rings. The van der Waals surface area contributed by atoms with Crippen LogP contribution in [0, 0.1) is 0 Å². The number of carbonyl (C=O) groups is 1. The van der Waals surface area contributed by atoms with E-state index in [1.54, 1.807) is 6.08 Å². The number of ether oxygens (including phenoxy) is 2. The maximum Gasteiger partial charge on any atom is 0.405 e. The molecular weight excluding hydrogens is 262 g/mol. The van der Waals surface area contributed by atoms with Gasteiger partial charge in [0.25, 0.3) is 0 Å². The molecule has 0 bridgehead atoms. The molecule has 0 saturated carbocycles. The molecule has 1 aliphatic heterocycles. The molecule has 1 rings (SSSR count). The maximum absolute atomic E-state index is 10.9. The molecule has 6 heteroatoms. The van der Waals surface area contributed by atoms with E-state index >= 15 is 0 Å². The van der Waals surface area contributed by atoms with Gasteiger partial charge < -0.3 is 19.6 Å². The predicted molar refractivity (Wildman–Crippen MR) is 76.5 cm³/mol. The molecular formula is C13H25NO4Si. The third-order valence-corrected chi connectivity index (χ3v) is 8.27. The Labute approximate surface area is 116 Å². The van der Waals surface area contributed by atoms with Gasteiger partial charge in [-0.2, -0.15) is 0 Å². The van der Waals surface area contributed by atoms with E-state index in [0.717, 1.165) is 0 Å². The van der Waals surface area contributed by atoms with Crippen LogP contribution in [0.4, 0.5) is 4.79 Å². The summed E-state index contributed by atoms with van der Waals surface area (Å²) in [5.41, 5.74) is 5.05. The molecule has 5 nitrogen and oxygen atoms in total. The van der Waals surface area contributed by atoms with Crippen molar-refractivity contribution in [3.05, 3.63) is 12.2 Å². The second kappa shape index (κ2) is 6.07. The highest BCUT2D eigenvalue weighted by Crippen LogP contribution is 2.36. The molecule has 2 N–H and O–H groups in total. The molecule has 0 aromatic carbocycles. The van der Waals surface area contributed by atoms with Crippen molar-refractivity contribution in [2.45, 2.75) is 51.1 Å². The molecule has 0 aliphatic carbocycles. The second-order valence-electron chi connectivity index (χ2n) is 6.27. The van der Waals surface area contributed by atoms with Crippen molar-refractivity contribution < 1.29 is 18.7 Å². The van der Waals surface area contributed by atoms with Crippen molar-refractivity contribution >= 4 is 14.4 Å². The van der Waals surface area contributed by atoms with Crippen LogP contribution in [0.25, 0.3) is 0 Å². The highest BCUT2D eigenvalue weighted by Gasteiger charge is 2.38. The normalized spacial score (nSPS) is 24.3. The number of nitrogens with two attached hydrogens (primary N) is 1. The number of rotatable bonds is 4. The smallest absolute Gasteiger partial charge is 0.405 e. The third-order valence-electron chi connectivity index (χ3n) is 3.77. The molecule has 2 atom stereocenters. The first-order valence-electron chi connectivity index (χ1n) is 6.52. The highest BCUT2D eigenvalue weighted by atomic mass is 28.4. The molecule has 1 heterocycles. The number of hydrogen-bond acceptors (Lipinski definition) is 4. The monoisotopic (exact) mass is 287 g/mol. The Kier molecular flexibility index (Phi) is 5.17. The topological polar surface area (TPSA) is 70.8 Å². The molecule has 1 amide bonds. The molecule has 0 aromatic rings. The van der Waals surface area contributed by atoms with Crippen LogP contribution in [0.3, 0.4) is 0 Å². The van der Waals surface area contributed by atoms with Crippen molar-refractivity contribution in [3.63, 3.8) is 0 Å². The largest absolute Gasteiger partial charge is 0.439 e. The summed E-state index contributed by atoms with van der Waals surface area (Å²) in [6.07, 6.45) is 2.07. The van der Waals surface area contributed by atoms with E-state index in [-0.39, 0.29) is 11.1 Å². The number of amides is 1. The van der Waals surface area contributed by atoms with Crippen molar-refractivity contribution in [2.75, 3.05) is 13.2 Å². The summed E-state index contributed by atoms with van der Waals surface area (Å²) >= 11 is 0. The van der Waals surface area contributed by atoms with Gasteiger partial charge >= 0.3 is 6.09 Å². The molecule has 0 saturated heterocycles. The summed E-state index contributed by atoms with van der Waals surface area (Å²) in [4.78, 5) is 10.9. The Balaban J connectivity index is 2.60. The van der Waals surface area contributed by atoms with E-state index in [2.05, 4.69) is 33.9 Å². The van der Waals surface area contributed by atoms with Gasteiger partial charge in [0.1, 0.15) is 6.10 Å². The summed E-state index contributed by atoms with van der Waals surface area (Å²) in [7, 11) is -1.83. The standard InChI is InChI=1S/C13H25NO4Si/c1-13(2,3)19(4,5)17-9-11-10(18-12(14)15)7-6-8-16-11/h6-7,10-11H,8-9H2,1-5H3,(H2,14,15)/t10-,11-/m1/s1. The van der Waals surface area contributed by atoms with Crippen LogP contribution in [0.15, 0.2) is 12.2 Å². The van der Waals surface area contributed by atoms with Gasteiger partial charge in [-0.05, 0) is 24.2 Å². The molecule has 0 spiro atoms. The summed E-state index contributed by atoms with van der Waals surface area (Å²) in [5.74, 6) is 0. The number of hydrogen-bond donors (Lipinski definition) is 1. The lowest BCUT2D eigenvalue weighted by atomic mass is 10.1. The van der Waals surface area contributed by atoms with Gasteiger partial charge in [-0.15, -0.1) is 0 Å². The fourth-order valence-corrected chi connectivity index (χ4v) is 2.50. The number of carbonyl (C=O) groups excluding carboxylic acids is 1. The minimum atomic E-state index is -1.83. The van der Waals surface area contributed by atoms with E-state index in [9.17, 15) is 4.79 Å². The van der Waals surface area contributed by atoms with E-state index in [4.69, 9.17) is 19.6 Å². The van der Waals surface area contributed by atoms with Crippen molar-refractivity contribution in [1.82, 2.24) is 0 Å². The molecule has 0 unspecified atom stereocenters. The van der Waals surface area contributed by atoms with Crippen molar-refractivity contribution in [2.24, 2.45) is 5.73 Å². The van der Waals surface area contributed by atoms with E-state index in [1.165, 1.54) is 0 Å². The van der Waals surface area contributed by atoms with Gasteiger partial charge in [-0.1, -0.05) is 26.8 Å². The zero-order chi connectivity index (χ0) is 14.7. The van der Waals surface area contributed by atoms with Crippen LogP contribution < -0.4 is 5.73 Å². The van der Waals surface area contributed by atoms with E-state index in [1.807, 2.05) is 6.08 Å². The van der Waals surface area contributed by atoms with Gasteiger partial charge in [0.2, 0.25) is 0 Å². The fourth-order valence-electron chi connectivity index (χ4n) is 1.49. The highest BCUT2D eigenvalue weighted by molar-refractivity contribution is 6.74. The lowest BCUT2D eigenvalue weighted by Gasteiger charge is -2.38. The molecule has 1 aliphatic rings. The van der Waals surface area contributed by atoms with Crippen LogP contribution >= 0.6 is 0 Å². The van der Waals surface area contributed by atoms with E-state index < -0.39 is 20.5 Å². The Bertz CT molecular complexity index is 349. The molecule has 19 heavy (non-hydrogen) atoms. The number of primary amides is 1. The zero-order valence-electron chi connectivity index (χ0n) is 12.4. The van der Waals surface area contributed by atoms with Crippen LogP contribution in [-0.4, -0.2) is 39.8 Å². The van der Waals surface area contributed by atoms with Crippen LogP contribution in [-0.2, 0) is 13.9 Å². The first kappa shape index (κ1) is 16.2. The first-order chi connectivity index (χ1) is 8.63. The lowest BCUT2D eigenvalue weighted by molar-refractivity contribution is -0.0451. The first-order valence-corrected chi connectivity index (χ1v) is 9.42. The molecule has 0 aromatic heterocycles. The Morgan fingerprint density at radius 2 is 2.11 bits per heavy atom. The van der Waals surface area contributed by atoms with Crippen LogP contribution in [0.1, 0.15) is 20.8 Å². The van der Waals surface area contributed by atoms with E-state index in [0.29, 0.717) is 13.2 Å². The second-order valence-corrected chi connectivity index (χ2v) is 11.1. The average Bonchev–Trinajstić information content (AvgIpc) is 2.25. The van der Waals surface area contributed by atoms with Gasteiger partial charge in [0.15, 0.2) is 14.4 Å². The lowest BCUT2D eigenvalue weighted by Crippen LogP contribution is -2.46. The molecule has 110 valence electrons. The zero-order valence-corrected chi connectivity index (χ0v) is 13.4. The predicted octanol–water partition coefficient (Wildman–Crippen LogP) is 2.43. The Morgan fingerprint density at radius 3 is 2.63 bits per heavy atom. The summed E-state index contributed by atoms with van der Waals surface area (Å²) in [6, 6.07) is 0. The summed E-state index contributed by atoms with van der Waals surface area (Å²) < 4.78 is 16.7.